The summed E-state index contributed by atoms with van der Waals surface area (Å²) in [6.45, 7) is 0.952. The molecule has 0 radical (unpaired) electrons. The van der Waals surface area contributed by atoms with Gasteiger partial charge in [-0.3, -0.25) is 4.79 Å². The molecule has 0 spiro atoms. The minimum Gasteiger partial charge on any atom is -0.489 e. The quantitative estimate of drug-likeness (QED) is 0.714. The van der Waals surface area contributed by atoms with Gasteiger partial charge in [-0.05, 0) is 48.5 Å². The molecule has 1 aromatic heterocycles. The molecular formula is C20H15ClFN3O2. The zero-order chi connectivity index (χ0) is 18.8. The highest BCUT2D eigenvalue weighted by Crippen LogP contribution is 2.40. The first-order valence-electron chi connectivity index (χ1n) is 8.34. The van der Waals surface area contributed by atoms with E-state index in [0.29, 0.717) is 46.7 Å². The molecule has 5 nitrogen and oxygen atoms in total. The van der Waals surface area contributed by atoms with E-state index in [4.69, 9.17) is 16.3 Å². The maximum absolute atomic E-state index is 13.1. The highest BCUT2D eigenvalue weighted by atomic mass is 35.5. The predicted molar refractivity (Wildman–Crippen MR) is 103 cm³/mol. The number of anilines is 3. The molecule has 0 saturated heterocycles. The van der Waals surface area contributed by atoms with Crippen molar-refractivity contribution in [2.45, 2.75) is 0 Å². The van der Waals surface area contributed by atoms with Crippen LogP contribution in [0.15, 0.2) is 60.8 Å². The van der Waals surface area contributed by atoms with Crippen molar-refractivity contribution in [3.63, 3.8) is 0 Å². The first-order chi connectivity index (χ1) is 13.1. The van der Waals surface area contributed by atoms with E-state index in [-0.39, 0.29) is 11.7 Å². The van der Waals surface area contributed by atoms with Crippen molar-refractivity contribution >= 4 is 34.7 Å². The van der Waals surface area contributed by atoms with Crippen LogP contribution in [0.2, 0.25) is 5.02 Å². The summed E-state index contributed by atoms with van der Waals surface area (Å²) < 4.78 is 18.8. The molecule has 1 aliphatic rings. The SMILES string of the molecule is O=C(Nc1ccc(F)cc1)c1cccc2c1OCCN2c1ncccc1Cl. The molecule has 0 aliphatic carbocycles. The van der Waals surface area contributed by atoms with Gasteiger partial charge in [0.1, 0.15) is 12.4 Å². The Morgan fingerprint density at radius 2 is 1.96 bits per heavy atom. The van der Waals surface area contributed by atoms with Crippen LogP contribution >= 0.6 is 11.6 Å². The van der Waals surface area contributed by atoms with Crippen LogP contribution in [-0.4, -0.2) is 24.0 Å². The summed E-state index contributed by atoms with van der Waals surface area (Å²) >= 11 is 6.29. The third kappa shape index (κ3) is 3.44. The number of benzene rings is 2. The number of para-hydroxylation sites is 1. The summed E-state index contributed by atoms with van der Waals surface area (Å²) in [5, 5.41) is 3.28. The standard InChI is InChI=1S/C20H15ClFN3O2/c21-16-4-2-10-23-19(16)25-11-12-27-18-15(3-1-5-17(18)25)20(26)24-14-8-6-13(22)7-9-14/h1-10H,11-12H2,(H,24,26). The minimum absolute atomic E-state index is 0.340. The van der Waals surface area contributed by atoms with E-state index >= 15 is 0 Å². The second kappa shape index (κ2) is 7.25. The van der Waals surface area contributed by atoms with Crippen LogP contribution in [0, 0.1) is 5.82 Å². The van der Waals surface area contributed by atoms with E-state index in [1.807, 2.05) is 11.0 Å². The summed E-state index contributed by atoms with van der Waals surface area (Å²) in [7, 11) is 0. The zero-order valence-corrected chi connectivity index (χ0v) is 14.9. The summed E-state index contributed by atoms with van der Waals surface area (Å²) in [6, 6.07) is 14.4. The van der Waals surface area contributed by atoms with Crippen LogP contribution in [0.1, 0.15) is 10.4 Å². The van der Waals surface area contributed by atoms with Gasteiger partial charge in [0.05, 0.1) is 22.8 Å². The molecule has 0 saturated carbocycles. The van der Waals surface area contributed by atoms with Crippen LogP contribution in [-0.2, 0) is 0 Å². The fourth-order valence-electron chi connectivity index (χ4n) is 2.95. The van der Waals surface area contributed by atoms with Crippen LogP contribution < -0.4 is 15.0 Å². The van der Waals surface area contributed by atoms with Gasteiger partial charge >= 0.3 is 0 Å². The molecule has 0 unspecified atom stereocenters. The summed E-state index contributed by atoms with van der Waals surface area (Å²) in [5.74, 6) is 0.369. The number of nitrogens with zero attached hydrogens (tertiary/aromatic N) is 2. The molecule has 1 aliphatic heterocycles. The number of halogens is 2. The minimum atomic E-state index is -0.365. The van der Waals surface area contributed by atoms with Crippen molar-refractivity contribution in [3.8, 4) is 5.75 Å². The molecule has 2 aromatic carbocycles. The van der Waals surface area contributed by atoms with Gasteiger partial charge in [0.25, 0.3) is 5.91 Å². The molecule has 0 bridgehead atoms. The summed E-state index contributed by atoms with van der Waals surface area (Å²) in [5.41, 5.74) is 1.60. The Morgan fingerprint density at radius 3 is 2.74 bits per heavy atom. The van der Waals surface area contributed by atoms with Crippen molar-refractivity contribution in [1.29, 1.82) is 0 Å². The van der Waals surface area contributed by atoms with Crippen LogP contribution in [0.3, 0.4) is 0 Å². The molecule has 7 heteroatoms. The smallest absolute Gasteiger partial charge is 0.259 e. The summed E-state index contributed by atoms with van der Waals surface area (Å²) in [6.07, 6.45) is 1.67. The Morgan fingerprint density at radius 1 is 1.15 bits per heavy atom. The second-order valence-corrected chi connectivity index (χ2v) is 6.33. The lowest BCUT2D eigenvalue weighted by Gasteiger charge is -2.31. The number of fused-ring (bicyclic) bond motifs is 1. The Balaban J connectivity index is 1.68. The second-order valence-electron chi connectivity index (χ2n) is 5.92. The van der Waals surface area contributed by atoms with Crippen molar-refractivity contribution < 1.29 is 13.9 Å². The highest BCUT2D eigenvalue weighted by molar-refractivity contribution is 6.33. The van der Waals surface area contributed by atoms with Crippen molar-refractivity contribution in [1.82, 2.24) is 4.98 Å². The first kappa shape index (κ1) is 17.3. The number of amides is 1. The van der Waals surface area contributed by atoms with Gasteiger partial charge in [-0.25, -0.2) is 9.37 Å². The van der Waals surface area contributed by atoms with Crippen LogP contribution in [0.5, 0.6) is 5.75 Å². The van der Waals surface area contributed by atoms with Gasteiger partial charge in [-0.2, -0.15) is 0 Å². The molecule has 1 amide bonds. The van der Waals surface area contributed by atoms with E-state index in [1.54, 1.807) is 30.5 Å². The average molecular weight is 384 g/mol. The molecule has 136 valence electrons. The van der Waals surface area contributed by atoms with E-state index in [0.717, 1.165) is 0 Å². The Bertz CT molecular complexity index is 995. The lowest BCUT2D eigenvalue weighted by atomic mass is 10.1. The molecule has 27 heavy (non-hydrogen) atoms. The Hall–Kier alpha value is -3.12. The predicted octanol–water partition coefficient (Wildman–Crippen LogP) is 4.66. The van der Waals surface area contributed by atoms with Crippen LogP contribution in [0.4, 0.5) is 21.6 Å². The van der Waals surface area contributed by atoms with Gasteiger partial charge < -0.3 is 15.0 Å². The average Bonchev–Trinajstić information content (AvgIpc) is 2.69. The van der Waals surface area contributed by atoms with Crippen molar-refractivity contribution in [2.75, 3.05) is 23.4 Å². The normalized spacial score (nSPS) is 12.9. The topological polar surface area (TPSA) is 54.5 Å². The molecule has 0 fully saturated rings. The third-order valence-corrected chi connectivity index (χ3v) is 4.48. The molecule has 1 N–H and O–H groups in total. The fourth-order valence-corrected chi connectivity index (χ4v) is 3.18. The van der Waals surface area contributed by atoms with Gasteiger partial charge in [0.15, 0.2) is 11.6 Å². The lowest BCUT2D eigenvalue weighted by Crippen LogP contribution is -2.30. The lowest BCUT2D eigenvalue weighted by molar-refractivity contribution is 0.102. The van der Waals surface area contributed by atoms with Crippen LogP contribution in [0.25, 0.3) is 0 Å². The molecule has 3 aromatic rings. The molecule has 0 atom stereocenters. The maximum Gasteiger partial charge on any atom is 0.259 e. The number of hydrogen-bond acceptors (Lipinski definition) is 4. The molecular weight excluding hydrogens is 369 g/mol. The van der Waals surface area contributed by atoms with E-state index < -0.39 is 0 Å². The Kier molecular flexibility index (Phi) is 4.64. The van der Waals surface area contributed by atoms with Gasteiger partial charge in [0.2, 0.25) is 0 Å². The van der Waals surface area contributed by atoms with E-state index in [2.05, 4.69) is 10.3 Å². The number of hydrogen-bond donors (Lipinski definition) is 1. The first-order valence-corrected chi connectivity index (χ1v) is 8.72. The number of nitrogens with one attached hydrogen (secondary N) is 1. The summed E-state index contributed by atoms with van der Waals surface area (Å²) in [4.78, 5) is 19.0. The van der Waals surface area contributed by atoms with Gasteiger partial charge in [-0.1, -0.05) is 17.7 Å². The van der Waals surface area contributed by atoms with Gasteiger partial charge in [-0.15, -0.1) is 0 Å². The highest BCUT2D eigenvalue weighted by Gasteiger charge is 2.26. The van der Waals surface area contributed by atoms with E-state index in [1.165, 1.54) is 24.3 Å². The zero-order valence-electron chi connectivity index (χ0n) is 14.2. The number of carbonyl (C=O) groups is 1. The van der Waals surface area contributed by atoms with Crippen molar-refractivity contribution in [3.05, 3.63) is 77.2 Å². The fraction of sp³-hybridized carbons (Fsp3) is 0.100. The monoisotopic (exact) mass is 383 g/mol. The number of carbonyl (C=O) groups excluding carboxylic acids is 1. The number of ether oxygens (including phenoxy) is 1. The van der Waals surface area contributed by atoms with Gasteiger partial charge in [0, 0.05) is 11.9 Å². The maximum atomic E-state index is 13.1. The number of aromatic nitrogens is 1. The molecule has 4 rings (SSSR count). The number of rotatable bonds is 3. The van der Waals surface area contributed by atoms with E-state index in [9.17, 15) is 9.18 Å². The Labute approximate surface area is 160 Å². The largest absolute Gasteiger partial charge is 0.489 e. The third-order valence-electron chi connectivity index (χ3n) is 4.19. The van der Waals surface area contributed by atoms with Crippen molar-refractivity contribution in [2.24, 2.45) is 0 Å². The number of pyridine rings is 1. The molecule has 2 heterocycles.